The molecule has 1 saturated carbocycles. The number of hydrogen-bond donors (Lipinski definition) is 1. The van der Waals surface area contributed by atoms with E-state index in [1.54, 1.807) is 0 Å². The number of rotatable bonds is 5. The average Bonchev–Trinajstić information content (AvgIpc) is 2.86. The number of aromatic nitrogens is 2. The molecule has 1 N–H and O–H groups in total. The molecule has 0 spiro atoms. The Morgan fingerprint density at radius 2 is 2.00 bits per heavy atom. The summed E-state index contributed by atoms with van der Waals surface area (Å²) in [5.74, 6) is -1.20. The van der Waals surface area contributed by atoms with E-state index in [9.17, 15) is 13.2 Å². The first-order valence-electron chi connectivity index (χ1n) is 6.42. The van der Waals surface area contributed by atoms with Gasteiger partial charge in [-0.1, -0.05) is 24.4 Å². The average molecular weight is 310 g/mol. The highest BCUT2D eigenvalue weighted by atomic mass is 35.5. The molecule has 4 nitrogen and oxygen atoms in total. The summed E-state index contributed by atoms with van der Waals surface area (Å²) in [5, 5.41) is 2.52. The quantitative estimate of drug-likeness (QED) is 0.668. The van der Waals surface area contributed by atoms with Gasteiger partial charge in [-0.25, -0.2) is 9.97 Å². The summed E-state index contributed by atoms with van der Waals surface area (Å²) in [6, 6.07) is 1.26. The lowest BCUT2D eigenvalue weighted by atomic mass is 10.3. The third-order valence-electron chi connectivity index (χ3n) is 3.01. The van der Waals surface area contributed by atoms with Gasteiger partial charge >= 0.3 is 6.18 Å². The Morgan fingerprint density at radius 3 is 2.65 bits per heavy atom. The molecule has 1 aromatic rings. The van der Waals surface area contributed by atoms with Gasteiger partial charge in [0.1, 0.15) is 11.0 Å². The molecule has 0 aliphatic heterocycles. The first-order chi connectivity index (χ1) is 9.45. The van der Waals surface area contributed by atoms with Crippen molar-refractivity contribution >= 4 is 17.4 Å². The van der Waals surface area contributed by atoms with Gasteiger partial charge in [0.15, 0.2) is 0 Å². The topological polar surface area (TPSA) is 47.0 Å². The minimum Gasteiger partial charge on any atom is -0.376 e. The van der Waals surface area contributed by atoms with Gasteiger partial charge in [0.05, 0.1) is 12.7 Å². The van der Waals surface area contributed by atoms with Gasteiger partial charge in [-0.05, 0) is 12.8 Å². The number of ether oxygens (including phenoxy) is 1. The van der Waals surface area contributed by atoms with Gasteiger partial charge in [-0.15, -0.1) is 0 Å². The van der Waals surface area contributed by atoms with Crippen molar-refractivity contribution in [1.82, 2.24) is 9.97 Å². The van der Waals surface area contributed by atoms with Gasteiger partial charge in [0.2, 0.25) is 5.82 Å². The fourth-order valence-electron chi connectivity index (χ4n) is 2.09. The van der Waals surface area contributed by atoms with E-state index >= 15 is 0 Å². The second kappa shape index (κ2) is 6.58. The summed E-state index contributed by atoms with van der Waals surface area (Å²) in [6.07, 6.45) is 0.122. The van der Waals surface area contributed by atoms with E-state index in [1.807, 2.05) is 0 Å². The Balaban J connectivity index is 1.84. The monoisotopic (exact) mass is 309 g/mol. The first-order valence-corrected chi connectivity index (χ1v) is 6.80. The predicted molar refractivity (Wildman–Crippen MR) is 68.7 cm³/mol. The van der Waals surface area contributed by atoms with Crippen LogP contribution in [0.25, 0.3) is 0 Å². The Labute approximate surface area is 119 Å². The summed E-state index contributed by atoms with van der Waals surface area (Å²) >= 11 is 5.55. The van der Waals surface area contributed by atoms with Gasteiger partial charge in [0.25, 0.3) is 0 Å². The Morgan fingerprint density at radius 1 is 1.30 bits per heavy atom. The molecule has 0 radical (unpaired) electrons. The van der Waals surface area contributed by atoms with Crippen molar-refractivity contribution in [1.29, 1.82) is 0 Å². The van der Waals surface area contributed by atoms with E-state index in [-0.39, 0.29) is 17.1 Å². The van der Waals surface area contributed by atoms with Crippen LogP contribution in [0.15, 0.2) is 6.07 Å². The van der Waals surface area contributed by atoms with Gasteiger partial charge in [-0.2, -0.15) is 13.2 Å². The van der Waals surface area contributed by atoms with Crippen LogP contribution in [0.1, 0.15) is 31.5 Å². The highest BCUT2D eigenvalue weighted by Gasteiger charge is 2.35. The molecule has 1 aliphatic carbocycles. The maximum absolute atomic E-state index is 12.5. The minimum absolute atomic E-state index is 0.0485. The number of hydrogen-bond acceptors (Lipinski definition) is 4. The zero-order chi connectivity index (χ0) is 14.6. The van der Waals surface area contributed by atoms with Crippen LogP contribution >= 0.6 is 11.6 Å². The lowest BCUT2D eigenvalue weighted by Gasteiger charge is -2.12. The van der Waals surface area contributed by atoms with E-state index in [1.165, 1.54) is 18.9 Å². The molecule has 2 rings (SSSR count). The van der Waals surface area contributed by atoms with Crippen molar-refractivity contribution < 1.29 is 17.9 Å². The standard InChI is InChI=1S/C12H15ClF3N3O/c13-9-7-10(19-11(18-9)12(14,15)16)17-5-6-20-8-3-1-2-4-8/h7-8H,1-6H2,(H,17,18,19). The molecule has 0 atom stereocenters. The molecule has 1 aromatic heterocycles. The normalized spacial score (nSPS) is 16.6. The van der Waals surface area contributed by atoms with Crippen LogP contribution in [-0.4, -0.2) is 29.2 Å². The SMILES string of the molecule is FC(F)(F)c1nc(Cl)cc(NCCOC2CCCC2)n1. The predicted octanol–water partition coefficient (Wildman–Crippen LogP) is 3.52. The fourth-order valence-corrected chi connectivity index (χ4v) is 2.28. The van der Waals surface area contributed by atoms with E-state index < -0.39 is 12.0 Å². The largest absolute Gasteiger partial charge is 0.451 e. The number of anilines is 1. The molecular formula is C12H15ClF3N3O. The molecule has 0 bridgehead atoms. The van der Waals surface area contributed by atoms with Crippen molar-refractivity contribution in [2.45, 2.75) is 38.0 Å². The maximum atomic E-state index is 12.5. The third kappa shape index (κ3) is 4.49. The number of nitrogens with zero attached hydrogens (tertiary/aromatic N) is 2. The van der Waals surface area contributed by atoms with E-state index in [4.69, 9.17) is 16.3 Å². The van der Waals surface area contributed by atoms with Crippen LogP contribution in [-0.2, 0) is 10.9 Å². The van der Waals surface area contributed by atoms with Crippen LogP contribution in [0, 0.1) is 0 Å². The zero-order valence-electron chi connectivity index (χ0n) is 10.7. The highest BCUT2D eigenvalue weighted by Crippen LogP contribution is 2.28. The smallest absolute Gasteiger partial charge is 0.376 e. The Hall–Kier alpha value is -1.08. The second-order valence-electron chi connectivity index (χ2n) is 4.60. The molecule has 0 saturated heterocycles. The Kier molecular flexibility index (Phi) is 5.04. The Bertz CT molecular complexity index is 450. The maximum Gasteiger partial charge on any atom is 0.451 e. The number of halogens is 4. The van der Waals surface area contributed by atoms with Crippen molar-refractivity contribution in [2.75, 3.05) is 18.5 Å². The molecule has 1 aliphatic rings. The summed E-state index contributed by atoms with van der Waals surface area (Å²) in [7, 11) is 0. The van der Waals surface area contributed by atoms with Crippen LogP contribution in [0.4, 0.5) is 19.0 Å². The van der Waals surface area contributed by atoms with Crippen LogP contribution < -0.4 is 5.32 Å². The first kappa shape index (κ1) is 15.3. The van der Waals surface area contributed by atoms with Crippen molar-refractivity contribution in [3.63, 3.8) is 0 Å². The van der Waals surface area contributed by atoms with E-state index in [2.05, 4.69) is 15.3 Å². The van der Waals surface area contributed by atoms with Gasteiger partial charge < -0.3 is 10.1 Å². The summed E-state index contributed by atoms with van der Waals surface area (Å²) in [6.45, 7) is 0.800. The minimum atomic E-state index is -4.61. The lowest BCUT2D eigenvalue weighted by Crippen LogP contribution is -2.17. The number of nitrogens with one attached hydrogen (secondary N) is 1. The van der Waals surface area contributed by atoms with Crippen molar-refractivity contribution in [3.05, 3.63) is 17.0 Å². The lowest BCUT2D eigenvalue weighted by molar-refractivity contribution is -0.144. The van der Waals surface area contributed by atoms with Crippen molar-refractivity contribution in [2.24, 2.45) is 0 Å². The molecule has 112 valence electrons. The number of alkyl halides is 3. The van der Waals surface area contributed by atoms with Crippen LogP contribution in [0.5, 0.6) is 0 Å². The van der Waals surface area contributed by atoms with Gasteiger partial charge in [0, 0.05) is 12.6 Å². The van der Waals surface area contributed by atoms with Crippen LogP contribution in [0.2, 0.25) is 5.15 Å². The molecule has 0 aromatic carbocycles. The van der Waals surface area contributed by atoms with Crippen molar-refractivity contribution in [3.8, 4) is 0 Å². The second-order valence-corrected chi connectivity index (χ2v) is 4.99. The fraction of sp³-hybridized carbons (Fsp3) is 0.667. The highest BCUT2D eigenvalue weighted by molar-refractivity contribution is 6.29. The third-order valence-corrected chi connectivity index (χ3v) is 3.21. The summed E-state index contributed by atoms with van der Waals surface area (Å²) in [5.41, 5.74) is 0. The summed E-state index contributed by atoms with van der Waals surface area (Å²) in [4.78, 5) is 6.54. The van der Waals surface area contributed by atoms with Crippen LogP contribution in [0.3, 0.4) is 0 Å². The van der Waals surface area contributed by atoms with E-state index in [0.717, 1.165) is 12.8 Å². The molecule has 1 fully saturated rings. The summed E-state index contributed by atoms with van der Waals surface area (Å²) < 4.78 is 43.1. The molecule has 20 heavy (non-hydrogen) atoms. The van der Waals surface area contributed by atoms with E-state index in [0.29, 0.717) is 13.2 Å². The molecular weight excluding hydrogens is 295 g/mol. The molecule has 8 heteroatoms. The zero-order valence-corrected chi connectivity index (χ0v) is 11.5. The molecule has 0 unspecified atom stereocenters. The van der Waals surface area contributed by atoms with Gasteiger partial charge in [-0.3, -0.25) is 0 Å². The molecule has 1 heterocycles. The molecule has 0 amide bonds.